The first kappa shape index (κ1) is 14.9. The van der Waals surface area contributed by atoms with Crippen LogP contribution in [0.1, 0.15) is 33.6 Å². The van der Waals surface area contributed by atoms with Crippen LogP contribution in [0.4, 0.5) is 0 Å². The fourth-order valence-corrected chi connectivity index (χ4v) is 1.35. The van der Waals surface area contributed by atoms with Gasteiger partial charge in [0.15, 0.2) is 0 Å². The zero-order valence-electron chi connectivity index (χ0n) is 10.4. The van der Waals surface area contributed by atoms with E-state index in [1.807, 2.05) is 13.8 Å². The lowest BCUT2D eigenvalue weighted by molar-refractivity contribution is -0.129. The van der Waals surface area contributed by atoms with Gasteiger partial charge in [0.05, 0.1) is 0 Å². The molecule has 0 spiro atoms. The van der Waals surface area contributed by atoms with Crippen LogP contribution in [-0.4, -0.2) is 30.9 Å². The standard InChI is InChI=1S/C11H23N3O2/c1-4-9(7-12)6-10(15)14-8(3)11(16)13-5-2/h8-9H,4-7,12H2,1-3H3,(H,13,16)(H,14,15). The van der Waals surface area contributed by atoms with Gasteiger partial charge in [0.2, 0.25) is 11.8 Å². The maximum atomic E-state index is 11.5. The molecule has 16 heavy (non-hydrogen) atoms. The first-order chi connectivity index (χ1) is 7.54. The molecular weight excluding hydrogens is 206 g/mol. The first-order valence-electron chi connectivity index (χ1n) is 5.82. The van der Waals surface area contributed by atoms with Gasteiger partial charge in [-0.1, -0.05) is 13.3 Å². The Bertz CT molecular complexity index is 227. The maximum Gasteiger partial charge on any atom is 0.242 e. The number of hydrogen-bond acceptors (Lipinski definition) is 3. The number of carbonyl (C=O) groups excluding carboxylic acids is 2. The molecule has 2 unspecified atom stereocenters. The Kier molecular flexibility index (Phi) is 7.54. The topological polar surface area (TPSA) is 84.2 Å². The first-order valence-corrected chi connectivity index (χ1v) is 5.82. The molecule has 0 saturated heterocycles. The Morgan fingerprint density at radius 1 is 1.31 bits per heavy atom. The van der Waals surface area contributed by atoms with Crippen LogP contribution in [0.15, 0.2) is 0 Å². The van der Waals surface area contributed by atoms with E-state index in [-0.39, 0.29) is 17.7 Å². The number of hydrogen-bond donors (Lipinski definition) is 3. The highest BCUT2D eigenvalue weighted by Gasteiger charge is 2.16. The minimum atomic E-state index is -0.484. The summed E-state index contributed by atoms with van der Waals surface area (Å²) in [4.78, 5) is 22.9. The summed E-state index contributed by atoms with van der Waals surface area (Å²) in [7, 11) is 0. The smallest absolute Gasteiger partial charge is 0.242 e. The van der Waals surface area contributed by atoms with Crippen molar-refractivity contribution in [2.24, 2.45) is 11.7 Å². The van der Waals surface area contributed by atoms with Gasteiger partial charge in [0, 0.05) is 13.0 Å². The van der Waals surface area contributed by atoms with Crippen molar-refractivity contribution >= 4 is 11.8 Å². The van der Waals surface area contributed by atoms with Crippen LogP contribution >= 0.6 is 0 Å². The second-order valence-electron chi connectivity index (χ2n) is 3.90. The summed E-state index contributed by atoms with van der Waals surface area (Å²) in [5, 5.41) is 5.31. The Morgan fingerprint density at radius 2 is 1.94 bits per heavy atom. The van der Waals surface area contributed by atoms with Gasteiger partial charge in [-0.05, 0) is 26.3 Å². The lowest BCUT2D eigenvalue weighted by atomic mass is 10.0. The molecule has 0 aliphatic carbocycles. The molecule has 0 aliphatic rings. The van der Waals surface area contributed by atoms with Crippen molar-refractivity contribution in [1.82, 2.24) is 10.6 Å². The molecule has 0 aliphatic heterocycles. The lowest BCUT2D eigenvalue weighted by Crippen LogP contribution is -2.45. The second-order valence-corrected chi connectivity index (χ2v) is 3.90. The van der Waals surface area contributed by atoms with Crippen molar-refractivity contribution < 1.29 is 9.59 Å². The molecule has 0 saturated carbocycles. The summed E-state index contributed by atoms with van der Waals surface area (Å²) in [5.74, 6) is -0.0749. The molecule has 0 heterocycles. The van der Waals surface area contributed by atoms with Crippen LogP contribution in [0.25, 0.3) is 0 Å². The molecule has 5 nitrogen and oxygen atoms in total. The van der Waals surface area contributed by atoms with E-state index in [0.717, 1.165) is 6.42 Å². The molecule has 2 amide bonds. The third-order valence-electron chi connectivity index (χ3n) is 2.51. The molecule has 0 bridgehead atoms. The number of nitrogens with two attached hydrogens (primary N) is 1. The molecular formula is C11H23N3O2. The SMILES string of the molecule is CCNC(=O)C(C)NC(=O)CC(CC)CN. The Labute approximate surface area is 97.2 Å². The molecule has 0 rings (SSSR count). The van der Waals surface area contributed by atoms with Crippen molar-refractivity contribution in [3.8, 4) is 0 Å². The predicted octanol–water partition coefficient (Wildman–Crippen LogP) is 0.00220. The number of amides is 2. The summed E-state index contributed by atoms with van der Waals surface area (Å²) in [6.45, 7) is 6.58. The third kappa shape index (κ3) is 5.70. The number of likely N-dealkylation sites (N-methyl/N-ethyl adjacent to an activating group) is 1. The highest BCUT2D eigenvalue weighted by molar-refractivity contribution is 5.87. The minimum absolute atomic E-state index is 0.115. The summed E-state index contributed by atoms with van der Waals surface area (Å²) >= 11 is 0. The van der Waals surface area contributed by atoms with Gasteiger partial charge in [-0.3, -0.25) is 9.59 Å². The van der Waals surface area contributed by atoms with Crippen LogP contribution in [0, 0.1) is 5.92 Å². The largest absolute Gasteiger partial charge is 0.355 e. The van der Waals surface area contributed by atoms with Crippen LogP contribution in [0.3, 0.4) is 0 Å². The van der Waals surface area contributed by atoms with E-state index in [4.69, 9.17) is 5.73 Å². The van der Waals surface area contributed by atoms with Crippen molar-refractivity contribution in [1.29, 1.82) is 0 Å². The zero-order chi connectivity index (χ0) is 12.6. The van der Waals surface area contributed by atoms with Gasteiger partial charge in [-0.15, -0.1) is 0 Å². The predicted molar refractivity (Wildman–Crippen MR) is 63.7 cm³/mol. The molecule has 0 fully saturated rings. The van der Waals surface area contributed by atoms with E-state index < -0.39 is 6.04 Å². The number of nitrogens with one attached hydrogen (secondary N) is 2. The Hall–Kier alpha value is -1.10. The van der Waals surface area contributed by atoms with Gasteiger partial charge >= 0.3 is 0 Å². The molecule has 0 aromatic carbocycles. The van der Waals surface area contributed by atoms with Crippen LogP contribution in [0.5, 0.6) is 0 Å². The summed E-state index contributed by atoms with van der Waals surface area (Å²) in [6, 6.07) is -0.484. The van der Waals surface area contributed by atoms with Gasteiger partial charge in [-0.25, -0.2) is 0 Å². The van der Waals surface area contributed by atoms with E-state index in [9.17, 15) is 9.59 Å². The summed E-state index contributed by atoms with van der Waals surface area (Å²) < 4.78 is 0. The molecule has 0 aromatic rings. The van der Waals surface area contributed by atoms with Crippen LogP contribution in [0.2, 0.25) is 0 Å². The lowest BCUT2D eigenvalue weighted by Gasteiger charge is -2.16. The second kappa shape index (κ2) is 8.10. The van der Waals surface area contributed by atoms with E-state index in [2.05, 4.69) is 10.6 Å². The summed E-state index contributed by atoms with van der Waals surface area (Å²) in [5.41, 5.74) is 5.51. The summed E-state index contributed by atoms with van der Waals surface area (Å²) in [6.07, 6.45) is 1.26. The average molecular weight is 229 g/mol. The molecule has 0 aromatic heterocycles. The van der Waals surface area contributed by atoms with E-state index in [1.165, 1.54) is 0 Å². The van der Waals surface area contributed by atoms with Gasteiger partial charge < -0.3 is 16.4 Å². The van der Waals surface area contributed by atoms with Crippen molar-refractivity contribution in [3.05, 3.63) is 0 Å². The molecule has 4 N–H and O–H groups in total. The minimum Gasteiger partial charge on any atom is -0.355 e. The Morgan fingerprint density at radius 3 is 2.38 bits per heavy atom. The van der Waals surface area contributed by atoms with Crippen molar-refractivity contribution in [2.75, 3.05) is 13.1 Å². The normalized spacial score (nSPS) is 14.0. The molecule has 2 atom stereocenters. The van der Waals surface area contributed by atoms with Crippen LogP contribution < -0.4 is 16.4 Å². The molecule has 5 heteroatoms. The van der Waals surface area contributed by atoms with Crippen molar-refractivity contribution in [3.63, 3.8) is 0 Å². The molecule has 94 valence electrons. The quantitative estimate of drug-likeness (QED) is 0.574. The zero-order valence-corrected chi connectivity index (χ0v) is 10.4. The van der Waals surface area contributed by atoms with E-state index in [0.29, 0.717) is 19.5 Å². The van der Waals surface area contributed by atoms with Gasteiger partial charge in [-0.2, -0.15) is 0 Å². The van der Waals surface area contributed by atoms with E-state index in [1.54, 1.807) is 6.92 Å². The number of carbonyl (C=O) groups is 2. The maximum absolute atomic E-state index is 11.5. The third-order valence-corrected chi connectivity index (χ3v) is 2.51. The monoisotopic (exact) mass is 229 g/mol. The van der Waals surface area contributed by atoms with E-state index >= 15 is 0 Å². The highest BCUT2D eigenvalue weighted by atomic mass is 16.2. The average Bonchev–Trinajstić information content (AvgIpc) is 2.26. The van der Waals surface area contributed by atoms with Crippen LogP contribution in [-0.2, 0) is 9.59 Å². The van der Waals surface area contributed by atoms with Crippen molar-refractivity contribution in [2.45, 2.75) is 39.7 Å². The number of rotatable bonds is 7. The highest BCUT2D eigenvalue weighted by Crippen LogP contribution is 2.05. The fourth-order valence-electron chi connectivity index (χ4n) is 1.35. The van der Waals surface area contributed by atoms with Gasteiger partial charge in [0.1, 0.15) is 6.04 Å². The fraction of sp³-hybridized carbons (Fsp3) is 0.818. The van der Waals surface area contributed by atoms with Gasteiger partial charge in [0.25, 0.3) is 0 Å². The Balaban J connectivity index is 3.99. The molecule has 0 radical (unpaired) electrons.